The predicted molar refractivity (Wildman–Crippen MR) is 99.4 cm³/mol. The maximum atomic E-state index is 12.3. The first-order valence-electron chi connectivity index (χ1n) is 9.34. The first-order valence-corrected chi connectivity index (χ1v) is 9.34. The van der Waals surface area contributed by atoms with E-state index < -0.39 is 0 Å². The molecule has 134 valence electrons. The van der Waals surface area contributed by atoms with Gasteiger partial charge in [0.25, 0.3) is 5.91 Å². The summed E-state index contributed by atoms with van der Waals surface area (Å²) in [6.07, 6.45) is 8.51. The normalized spacial score (nSPS) is 17.4. The van der Waals surface area contributed by atoms with E-state index in [-0.39, 0.29) is 5.91 Å². The molecule has 0 radical (unpaired) electrons. The second-order valence-electron chi connectivity index (χ2n) is 6.91. The zero-order valence-corrected chi connectivity index (χ0v) is 15.0. The van der Waals surface area contributed by atoms with Gasteiger partial charge in [0.2, 0.25) is 0 Å². The Bertz CT molecular complexity index is 671. The largest absolute Gasteiger partial charge is 0.348 e. The molecular formula is C20H28N4O. The zero-order chi connectivity index (χ0) is 17.5. The van der Waals surface area contributed by atoms with E-state index >= 15 is 0 Å². The quantitative estimate of drug-likeness (QED) is 0.815. The van der Waals surface area contributed by atoms with Gasteiger partial charge < -0.3 is 10.6 Å². The molecular weight excluding hydrogens is 312 g/mol. The summed E-state index contributed by atoms with van der Waals surface area (Å²) in [6, 6.07) is 8.04. The van der Waals surface area contributed by atoms with Gasteiger partial charge in [-0.25, -0.2) is 0 Å². The molecule has 1 fully saturated rings. The van der Waals surface area contributed by atoms with E-state index in [2.05, 4.69) is 34.8 Å². The van der Waals surface area contributed by atoms with Gasteiger partial charge in [-0.15, -0.1) is 0 Å². The molecule has 2 aromatic rings. The maximum Gasteiger partial charge on any atom is 0.251 e. The fraction of sp³-hybridized carbons (Fsp3) is 0.500. The molecule has 0 bridgehead atoms. The number of amides is 1. The Kier molecular flexibility index (Phi) is 6.23. The van der Waals surface area contributed by atoms with Crippen LogP contribution >= 0.6 is 0 Å². The van der Waals surface area contributed by atoms with Crippen molar-refractivity contribution in [1.29, 1.82) is 0 Å². The van der Waals surface area contributed by atoms with Gasteiger partial charge in [-0.2, -0.15) is 5.10 Å². The lowest BCUT2D eigenvalue weighted by molar-refractivity contribution is 0.0951. The molecule has 1 aromatic carbocycles. The van der Waals surface area contributed by atoms with Gasteiger partial charge in [-0.3, -0.25) is 9.48 Å². The van der Waals surface area contributed by atoms with Gasteiger partial charge in [0.15, 0.2) is 0 Å². The number of nitrogens with one attached hydrogen (secondary N) is 2. The van der Waals surface area contributed by atoms with E-state index in [4.69, 9.17) is 0 Å². The van der Waals surface area contributed by atoms with Crippen molar-refractivity contribution in [1.82, 2.24) is 20.4 Å². The molecule has 0 aliphatic carbocycles. The molecule has 5 heteroatoms. The highest BCUT2D eigenvalue weighted by Gasteiger charge is 2.14. The Labute approximate surface area is 149 Å². The van der Waals surface area contributed by atoms with Crippen LogP contribution in [0.2, 0.25) is 0 Å². The van der Waals surface area contributed by atoms with Gasteiger partial charge in [-0.05, 0) is 62.4 Å². The molecule has 1 unspecified atom stereocenters. The highest BCUT2D eigenvalue weighted by Crippen LogP contribution is 2.17. The Morgan fingerprint density at radius 3 is 2.88 bits per heavy atom. The lowest BCUT2D eigenvalue weighted by atomic mass is 9.92. The Morgan fingerprint density at radius 1 is 1.32 bits per heavy atom. The van der Waals surface area contributed by atoms with Crippen molar-refractivity contribution in [3.63, 3.8) is 0 Å². The summed E-state index contributed by atoms with van der Waals surface area (Å²) in [7, 11) is 0. The van der Waals surface area contributed by atoms with Gasteiger partial charge in [0.05, 0.1) is 6.20 Å². The molecule has 1 atom stereocenters. The average Bonchev–Trinajstić information content (AvgIpc) is 3.09. The van der Waals surface area contributed by atoms with Crippen molar-refractivity contribution in [2.75, 3.05) is 13.1 Å². The topological polar surface area (TPSA) is 59.0 Å². The molecule has 25 heavy (non-hydrogen) atoms. The van der Waals surface area contributed by atoms with Crippen molar-refractivity contribution in [2.45, 2.75) is 45.7 Å². The number of piperidine rings is 1. The zero-order valence-electron chi connectivity index (χ0n) is 15.0. The molecule has 2 heterocycles. The number of nitrogens with zero attached hydrogens (tertiary/aromatic N) is 2. The fourth-order valence-electron chi connectivity index (χ4n) is 3.36. The number of aromatic nitrogens is 2. The minimum Gasteiger partial charge on any atom is -0.348 e. The Morgan fingerprint density at radius 2 is 2.16 bits per heavy atom. The van der Waals surface area contributed by atoms with Crippen molar-refractivity contribution in [2.24, 2.45) is 5.92 Å². The van der Waals surface area contributed by atoms with Crippen molar-refractivity contribution >= 4 is 5.91 Å². The molecule has 1 aliphatic heterocycles. The summed E-state index contributed by atoms with van der Waals surface area (Å²) in [4.78, 5) is 12.3. The van der Waals surface area contributed by atoms with E-state index in [9.17, 15) is 4.79 Å². The summed E-state index contributed by atoms with van der Waals surface area (Å²) in [5.41, 5.74) is 3.06. The standard InChI is InChI=1S/C20H28N4O/c1-2-10-24-15-18(14-23-24)13-22-20(25)19-7-5-16(6-8-19)11-17-4-3-9-21-12-17/h5-8,14-15,17,21H,2-4,9-13H2,1H3,(H,22,25). The molecule has 1 saturated heterocycles. The third kappa shape index (κ3) is 5.16. The average molecular weight is 340 g/mol. The van der Waals surface area contributed by atoms with Crippen LogP contribution in [0.5, 0.6) is 0 Å². The van der Waals surface area contributed by atoms with Crippen LogP contribution in [0, 0.1) is 5.92 Å². The molecule has 1 amide bonds. The number of aryl methyl sites for hydroxylation is 1. The second kappa shape index (κ2) is 8.81. The summed E-state index contributed by atoms with van der Waals surface area (Å²) < 4.78 is 1.91. The summed E-state index contributed by atoms with van der Waals surface area (Å²) in [5.74, 6) is 0.683. The van der Waals surface area contributed by atoms with Crippen LogP contribution in [0.4, 0.5) is 0 Å². The van der Waals surface area contributed by atoms with Crippen LogP contribution in [0.15, 0.2) is 36.7 Å². The van der Waals surface area contributed by atoms with Crippen LogP contribution in [-0.4, -0.2) is 28.8 Å². The van der Waals surface area contributed by atoms with Crippen molar-refractivity contribution < 1.29 is 4.79 Å². The lowest BCUT2D eigenvalue weighted by Gasteiger charge is -2.22. The van der Waals surface area contributed by atoms with Gasteiger partial charge in [0, 0.05) is 30.4 Å². The van der Waals surface area contributed by atoms with E-state index in [1.807, 2.05) is 29.2 Å². The number of rotatable bonds is 7. The first kappa shape index (κ1) is 17.7. The number of carbonyl (C=O) groups excluding carboxylic acids is 1. The van der Waals surface area contributed by atoms with Crippen LogP contribution in [0.25, 0.3) is 0 Å². The van der Waals surface area contributed by atoms with Crippen molar-refractivity contribution in [3.8, 4) is 0 Å². The molecule has 0 spiro atoms. The van der Waals surface area contributed by atoms with Crippen LogP contribution in [0.3, 0.4) is 0 Å². The predicted octanol–water partition coefficient (Wildman–Crippen LogP) is 2.77. The second-order valence-corrected chi connectivity index (χ2v) is 6.91. The number of carbonyl (C=O) groups is 1. The van der Waals surface area contributed by atoms with E-state index in [1.54, 1.807) is 0 Å². The molecule has 0 saturated carbocycles. The van der Waals surface area contributed by atoms with Gasteiger partial charge in [0.1, 0.15) is 0 Å². The van der Waals surface area contributed by atoms with Crippen LogP contribution < -0.4 is 10.6 Å². The number of benzene rings is 1. The lowest BCUT2D eigenvalue weighted by Crippen LogP contribution is -2.30. The molecule has 2 N–H and O–H groups in total. The summed E-state index contributed by atoms with van der Waals surface area (Å²) in [6.45, 7) is 5.79. The minimum atomic E-state index is -0.0332. The van der Waals surface area contributed by atoms with E-state index in [0.29, 0.717) is 18.0 Å². The van der Waals surface area contributed by atoms with Gasteiger partial charge in [-0.1, -0.05) is 19.1 Å². The molecule has 1 aromatic heterocycles. The highest BCUT2D eigenvalue weighted by molar-refractivity contribution is 5.94. The van der Waals surface area contributed by atoms with E-state index in [0.717, 1.165) is 38.0 Å². The fourth-order valence-corrected chi connectivity index (χ4v) is 3.36. The van der Waals surface area contributed by atoms with E-state index in [1.165, 1.54) is 18.4 Å². The molecule has 5 nitrogen and oxygen atoms in total. The molecule has 1 aliphatic rings. The third-order valence-electron chi connectivity index (χ3n) is 4.73. The Balaban J connectivity index is 1.49. The van der Waals surface area contributed by atoms with Crippen molar-refractivity contribution in [3.05, 3.63) is 53.3 Å². The third-order valence-corrected chi connectivity index (χ3v) is 4.73. The summed E-state index contributed by atoms with van der Waals surface area (Å²) in [5, 5.41) is 10.7. The smallest absolute Gasteiger partial charge is 0.251 e. The Hall–Kier alpha value is -2.14. The first-order chi connectivity index (χ1) is 12.2. The summed E-state index contributed by atoms with van der Waals surface area (Å²) >= 11 is 0. The SMILES string of the molecule is CCCn1cc(CNC(=O)c2ccc(CC3CCCNC3)cc2)cn1. The molecule has 3 rings (SSSR count). The van der Waals surface area contributed by atoms with Crippen LogP contribution in [0.1, 0.15) is 47.7 Å². The maximum absolute atomic E-state index is 12.3. The minimum absolute atomic E-state index is 0.0332. The monoisotopic (exact) mass is 340 g/mol. The number of hydrogen-bond acceptors (Lipinski definition) is 3. The number of hydrogen-bond donors (Lipinski definition) is 2. The van der Waals surface area contributed by atoms with Gasteiger partial charge >= 0.3 is 0 Å². The highest BCUT2D eigenvalue weighted by atomic mass is 16.1. The van der Waals surface area contributed by atoms with Crippen LogP contribution in [-0.2, 0) is 19.5 Å².